The summed E-state index contributed by atoms with van der Waals surface area (Å²) >= 11 is 3.48. The summed E-state index contributed by atoms with van der Waals surface area (Å²) in [6.45, 7) is 54.3. The summed E-state index contributed by atoms with van der Waals surface area (Å²) in [7, 11) is 0. The van der Waals surface area contributed by atoms with Crippen LogP contribution in [0.1, 0.15) is 225 Å². The zero-order chi connectivity index (χ0) is 54.6. The minimum atomic E-state index is 0. The molecule has 0 aromatic heterocycles. The maximum Gasteiger partial charge on any atom is -0.0306 e. The fourth-order valence-corrected chi connectivity index (χ4v) is 9.34. The third-order valence-corrected chi connectivity index (χ3v) is 13.2. The van der Waals surface area contributed by atoms with Crippen molar-refractivity contribution in [2.75, 3.05) is 0 Å². The van der Waals surface area contributed by atoms with E-state index < -0.39 is 0 Å². The molecule has 8 aromatic carbocycles. The number of benzene rings is 4. The molecule has 0 N–H and O–H groups in total. The van der Waals surface area contributed by atoms with E-state index in [-0.39, 0.29) is 35.7 Å². The van der Waals surface area contributed by atoms with Gasteiger partial charge in [0.15, 0.2) is 0 Å². The third kappa shape index (κ3) is 21.0. The van der Waals surface area contributed by atoms with Crippen LogP contribution in [0.3, 0.4) is 0 Å². The molecule has 400 valence electrons. The molecular formula is C68H96Cl2Si2Zr2-2. The van der Waals surface area contributed by atoms with E-state index in [2.05, 4.69) is 262 Å². The van der Waals surface area contributed by atoms with Gasteiger partial charge in [0.05, 0.1) is 0 Å². The van der Waals surface area contributed by atoms with Crippen LogP contribution < -0.4 is 24.8 Å². The topological polar surface area (TPSA) is 0 Å². The van der Waals surface area contributed by atoms with Crippen LogP contribution in [0.25, 0.3) is 43.1 Å². The molecule has 74 heavy (non-hydrogen) atoms. The van der Waals surface area contributed by atoms with Gasteiger partial charge in [-0.3, -0.25) is 0 Å². The van der Waals surface area contributed by atoms with E-state index in [1.165, 1.54) is 110 Å². The Hall–Kier alpha value is -1.90. The standard InChI is InChI=1S/4C16H21.2C2H6Si.2ClH.2Zr/c4*1-10(2)13-8-14-6-12(5)7-16(14)15(9-13)11(3)4;2*1-3-2;;;;/h4*6-11H,1-5H3;2*1-2H3;2*1H;;/q4*-1;;;;;2*+2/p-2. The van der Waals surface area contributed by atoms with Crippen molar-refractivity contribution in [1.29, 1.82) is 0 Å². The van der Waals surface area contributed by atoms with E-state index in [9.17, 15) is 0 Å². The van der Waals surface area contributed by atoms with Crippen molar-refractivity contribution < 1.29 is 71.5 Å². The van der Waals surface area contributed by atoms with Crippen LogP contribution >= 0.6 is 0 Å². The van der Waals surface area contributed by atoms with Gasteiger partial charge < -0.3 is 24.8 Å². The summed E-state index contributed by atoms with van der Waals surface area (Å²) < 4.78 is 0. The van der Waals surface area contributed by atoms with Gasteiger partial charge in [-0.25, -0.2) is 0 Å². The third-order valence-electron chi connectivity index (χ3n) is 13.2. The Bertz CT molecular complexity index is 2610. The number of hydrogen-bond acceptors (Lipinski definition) is 0. The number of halogens is 2. The first-order chi connectivity index (χ1) is 33.4. The second-order valence-electron chi connectivity index (χ2n) is 23.8. The first kappa shape index (κ1) is 70.1. The molecule has 0 amide bonds. The summed E-state index contributed by atoms with van der Waals surface area (Å²) in [6, 6.07) is 37.4. The predicted molar refractivity (Wildman–Crippen MR) is 325 cm³/mol. The smallest absolute Gasteiger partial charge is 0.0306 e. The number of aryl methyl sites for hydroxylation is 4. The van der Waals surface area contributed by atoms with Gasteiger partial charge in [0.2, 0.25) is 0 Å². The fourth-order valence-electron chi connectivity index (χ4n) is 9.34. The monoisotopic (exact) mass is 1220 g/mol. The summed E-state index contributed by atoms with van der Waals surface area (Å²) in [6.07, 6.45) is 0. The first-order valence-corrected chi connectivity index (χ1v) is 39.7. The summed E-state index contributed by atoms with van der Waals surface area (Å²) in [5.41, 5.74) is 17.7. The Morgan fingerprint density at radius 1 is 0.284 bits per heavy atom. The molecule has 0 bridgehead atoms. The van der Waals surface area contributed by atoms with Gasteiger partial charge in [-0.15, -0.1) is 114 Å². The Balaban J connectivity index is 0.000000466. The maximum absolute atomic E-state index is 2.39. The van der Waals surface area contributed by atoms with Crippen LogP contribution in [0.2, 0.25) is 26.2 Å². The van der Waals surface area contributed by atoms with Crippen molar-refractivity contribution in [2.45, 2.75) is 212 Å². The molecular weight excluding hydrogens is 1130 g/mol. The molecule has 8 aromatic rings. The molecule has 0 heterocycles. The molecule has 0 atom stereocenters. The fraction of sp³-hybridized carbons (Fsp3) is 0.471. The summed E-state index contributed by atoms with van der Waals surface area (Å²) in [5.74, 6) is 4.83. The molecule has 6 heteroatoms. The molecule has 0 unspecified atom stereocenters. The number of fused-ring (bicyclic) bond motifs is 4. The number of hydrogen-bond donors (Lipinski definition) is 0. The molecule has 0 saturated carbocycles. The van der Waals surface area contributed by atoms with Crippen molar-refractivity contribution in [2.24, 2.45) is 0 Å². The van der Waals surface area contributed by atoms with Gasteiger partial charge >= 0.3 is 83.7 Å². The van der Waals surface area contributed by atoms with Crippen molar-refractivity contribution in [3.8, 4) is 0 Å². The molecule has 0 nitrogen and oxygen atoms in total. The molecule has 0 radical (unpaired) electrons. The van der Waals surface area contributed by atoms with Crippen LogP contribution in [-0.4, -0.2) is 10.9 Å². The summed E-state index contributed by atoms with van der Waals surface area (Å²) in [4.78, 5) is 0. The van der Waals surface area contributed by atoms with Gasteiger partial charge in [0.1, 0.15) is 0 Å². The zero-order valence-electron chi connectivity index (χ0n) is 50.6. The van der Waals surface area contributed by atoms with E-state index in [0.717, 1.165) is 0 Å². The SMILES string of the molecule is C[Si](C)=[Zr+2].C[Si](C)=[Zr+2].Cc1cc2c(C(C)C)cc(C(C)C)cc2[cH-]1.Cc1cc2c(C(C)C)cc(C(C)C)cc2[cH-]1.Cc1cc2c(C(C)C)cc(C(C)C)cc2[cH-]1.Cc1cc2c(C(C)C)cc(C(C)C)cc2[cH-]1.[Cl-].[Cl-]. The molecule has 0 fully saturated rings. The molecule has 8 rings (SSSR count). The zero-order valence-corrected chi connectivity index (χ0v) is 59.0. The molecule has 0 spiro atoms. The van der Waals surface area contributed by atoms with Crippen LogP contribution in [0.4, 0.5) is 0 Å². The average Bonchev–Trinajstić information content (AvgIpc) is 4.04. The normalized spacial score (nSPS) is 11.1. The second-order valence-corrected chi connectivity index (χ2v) is 42.6. The van der Waals surface area contributed by atoms with Crippen molar-refractivity contribution in [1.82, 2.24) is 0 Å². The largest absolute Gasteiger partial charge is 1.00 e. The van der Waals surface area contributed by atoms with Crippen molar-refractivity contribution >= 4 is 54.0 Å². The van der Waals surface area contributed by atoms with E-state index in [1.54, 1.807) is 46.7 Å². The molecule has 0 aliphatic heterocycles. The molecule has 0 aliphatic carbocycles. The van der Waals surface area contributed by atoms with Gasteiger partial charge in [-0.1, -0.05) is 207 Å². The Morgan fingerprint density at radius 3 is 0.554 bits per heavy atom. The van der Waals surface area contributed by atoms with Crippen molar-refractivity contribution in [3.63, 3.8) is 0 Å². The van der Waals surface area contributed by atoms with E-state index >= 15 is 0 Å². The maximum atomic E-state index is 2.39. The Morgan fingerprint density at radius 2 is 0.432 bits per heavy atom. The minimum absolute atomic E-state index is 0. The van der Waals surface area contributed by atoms with Crippen LogP contribution in [0, 0.1) is 27.7 Å². The summed E-state index contributed by atoms with van der Waals surface area (Å²) in [5, 5.41) is 11.4. The second kappa shape index (κ2) is 32.2. The molecule has 0 saturated heterocycles. The van der Waals surface area contributed by atoms with Gasteiger partial charge in [0, 0.05) is 0 Å². The van der Waals surface area contributed by atoms with Crippen LogP contribution in [0.15, 0.2) is 97.1 Å². The minimum Gasteiger partial charge on any atom is -1.00 e. The van der Waals surface area contributed by atoms with Gasteiger partial charge in [-0.05, 0) is 47.3 Å². The van der Waals surface area contributed by atoms with Crippen LogP contribution in [-0.2, 0) is 46.7 Å². The molecule has 0 aliphatic rings. The van der Waals surface area contributed by atoms with E-state index in [1.807, 2.05) is 0 Å². The van der Waals surface area contributed by atoms with Gasteiger partial charge in [-0.2, -0.15) is 24.3 Å². The van der Waals surface area contributed by atoms with Crippen molar-refractivity contribution in [3.05, 3.63) is 164 Å². The number of rotatable bonds is 8. The van der Waals surface area contributed by atoms with E-state index in [4.69, 9.17) is 0 Å². The average molecular weight is 1220 g/mol. The van der Waals surface area contributed by atoms with E-state index in [0.29, 0.717) is 47.3 Å². The Kier molecular flexibility index (Phi) is 30.5. The van der Waals surface area contributed by atoms with Gasteiger partial charge in [0.25, 0.3) is 0 Å². The first-order valence-electron chi connectivity index (χ1n) is 27.3. The van der Waals surface area contributed by atoms with Crippen LogP contribution in [0.5, 0.6) is 0 Å². The quantitative estimate of drug-likeness (QED) is 0.105. The Labute approximate surface area is 496 Å². The predicted octanol–water partition coefficient (Wildman–Crippen LogP) is 16.0.